The highest BCUT2D eigenvalue weighted by atomic mass is 16.6. The molecule has 1 atom stereocenters. The fraction of sp³-hybridized carbons (Fsp3) is 0.222. The van der Waals surface area contributed by atoms with Gasteiger partial charge >= 0.3 is 5.69 Å². The first-order chi connectivity index (χ1) is 7.06. The van der Waals surface area contributed by atoms with Gasteiger partial charge in [0.05, 0.1) is 17.4 Å². The summed E-state index contributed by atoms with van der Waals surface area (Å²) in [6.45, 7) is 0. The topological polar surface area (TPSA) is 113 Å². The molecule has 3 N–H and O–H groups in total. The van der Waals surface area contributed by atoms with Crippen LogP contribution in [0.4, 0.5) is 5.69 Å². The van der Waals surface area contributed by atoms with Crippen molar-refractivity contribution in [3.63, 3.8) is 0 Å². The van der Waals surface area contributed by atoms with Crippen molar-refractivity contribution in [3.8, 4) is 11.8 Å². The van der Waals surface area contributed by atoms with Gasteiger partial charge in [-0.3, -0.25) is 10.1 Å². The number of nitro benzene ring substituents is 1. The van der Waals surface area contributed by atoms with Crippen molar-refractivity contribution in [2.45, 2.75) is 12.5 Å². The summed E-state index contributed by atoms with van der Waals surface area (Å²) in [5.41, 5.74) is 5.66. The number of rotatable bonds is 3. The van der Waals surface area contributed by atoms with E-state index in [1.807, 2.05) is 6.07 Å². The molecule has 0 unspecified atom stereocenters. The van der Waals surface area contributed by atoms with Crippen LogP contribution in [0.3, 0.4) is 0 Å². The zero-order valence-electron chi connectivity index (χ0n) is 7.75. The third kappa shape index (κ3) is 2.42. The summed E-state index contributed by atoms with van der Waals surface area (Å²) in [7, 11) is 0. The lowest BCUT2D eigenvalue weighted by atomic mass is 10.0. The van der Waals surface area contributed by atoms with E-state index in [2.05, 4.69) is 0 Å². The molecule has 1 aromatic carbocycles. The highest BCUT2D eigenvalue weighted by Gasteiger charge is 2.16. The first-order valence-electron chi connectivity index (χ1n) is 4.16. The molecule has 0 aliphatic heterocycles. The Labute approximate surface area is 85.7 Å². The molecule has 0 aliphatic rings. The number of nitrogens with zero attached hydrogens (tertiary/aromatic N) is 2. The normalized spacial score (nSPS) is 11.7. The average molecular weight is 207 g/mol. The fourth-order valence-electron chi connectivity index (χ4n) is 1.13. The van der Waals surface area contributed by atoms with Crippen molar-refractivity contribution >= 4 is 5.69 Å². The van der Waals surface area contributed by atoms with E-state index >= 15 is 0 Å². The molecule has 6 heteroatoms. The van der Waals surface area contributed by atoms with Gasteiger partial charge in [-0.2, -0.15) is 5.26 Å². The van der Waals surface area contributed by atoms with E-state index in [-0.39, 0.29) is 6.42 Å². The van der Waals surface area contributed by atoms with Crippen LogP contribution in [0.5, 0.6) is 5.75 Å². The highest BCUT2D eigenvalue weighted by molar-refractivity contribution is 5.48. The molecule has 0 fully saturated rings. The molecule has 0 spiro atoms. The van der Waals surface area contributed by atoms with Crippen LogP contribution in [0.2, 0.25) is 0 Å². The third-order valence-corrected chi connectivity index (χ3v) is 1.94. The van der Waals surface area contributed by atoms with E-state index in [0.717, 1.165) is 0 Å². The Bertz CT molecular complexity index is 425. The molecular weight excluding hydrogens is 198 g/mol. The van der Waals surface area contributed by atoms with Crippen molar-refractivity contribution in [3.05, 3.63) is 33.9 Å². The van der Waals surface area contributed by atoms with Crippen LogP contribution in [-0.4, -0.2) is 10.0 Å². The molecule has 0 aromatic heterocycles. The van der Waals surface area contributed by atoms with Crippen LogP contribution in [0, 0.1) is 21.4 Å². The van der Waals surface area contributed by atoms with Gasteiger partial charge in [0, 0.05) is 12.1 Å². The Hall–Kier alpha value is -2.13. The van der Waals surface area contributed by atoms with Crippen molar-refractivity contribution in [1.82, 2.24) is 0 Å². The van der Waals surface area contributed by atoms with E-state index in [1.165, 1.54) is 18.2 Å². The smallest absolute Gasteiger partial charge is 0.311 e. The summed E-state index contributed by atoms with van der Waals surface area (Å²) < 4.78 is 0. The standard InChI is InChI=1S/C9H9N3O3/c10-4-3-7(11)6-1-2-9(13)8(5-6)12(14)15/h1-2,5,7,13H,3,11H2/t7-/m0/s1. The zero-order chi connectivity index (χ0) is 11.4. The van der Waals surface area contributed by atoms with Crippen LogP contribution < -0.4 is 5.73 Å². The molecule has 0 amide bonds. The lowest BCUT2D eigenvalue weighted by Gasteiger charge is -2.07. The van der Waals surface area contributed by atoms with Crippen LogP contribution in [-0.2, 0) is 0 Å². The fourth-order valence-corrected chi connectivity index (χ4v) is 1.13. The minimum atomic E-state index is -0.697. The largest absolute Gasteiger partial charge is 0.502 e. The van der Waals surface area contributed by atoms with E-state index in [9.17, 15) is 10.1 Å². The molecule has 15 heavy (non-hydrogen) atoms. The van der Waals surface area contributed by atoms with Gasteiger partial charge in [0.2, 0.25) is 0 Å². The molecule has 1 rings (SSSR count). The molecule has 0 saturated heterocycles. The predicted octanol–water partition coefficient (Wildman–Crippen LogP) is 1.21. The van der Waals surface area contributed by atoms with Gasteiger partial charge in [-0.1, -0.05) is 6.07 Å². The molecular formula is C9H9N3O3. The van der Waals surface area contributed by atoms with Crippen LogP contribution in [0.1, 0.15) is 18.0 Å². The number of nitriles is 1. The maximum atomic E-state index is 10.5. The molecule has 0 bridgehead atoms. The number of hydrogen-bond donors (Lipinski definition) is 2. The molecule has 0 radical (unpaired) electrons. The molecule has 0 heterocycles. The van der Waals surface area contributed by atoms with Crippen molar-refractivity contribution in [1.29, 1.82) is 5.26 Å². The minimum absolute atomic E-state index is 0.0714. The minimum Gasteiger partial charge on any atom is -0.502 e. The molecule has 6 nitrogen and oxygen atoms in total. The Kier molecular flexibility index (Phi) is 3.21. The maximum Gasteiger partial charge on any atom is 0.311 e. The number of nitro groups is 1. The van der Waals surface area contributed by atoms with Gasteiger partial charge < -0.3 is 10.8 Å². The predicted molar refractivity (Wildman–Crippen MR) is 51.9 cm³/mol. The average Bonchev–Trinajstić information content (AvgIpc) is 2.18. The van der Waals surface area contributed by atoms with Gasteiger partial charge in [-0.25, -0.2) is 0 Å². The Morgan fingerprint density at radius 3 is 2.87 bits per heavy atom. The van der Waals surface area contributed by atoms with E-state index < -0.39 is 22.4 Å². The monoisotopic (exact) mass is 207 g/mol. The number of aromatic hydroxyl groups is 1. The molecule has 78 valence electrons. The maximum absolute atomic E-state index is 10.5. The first-order valence-corrected chi connectivity index (χ1v) is 4.16. The number of hydrogen-bond acceptors (Lipinski definition) is 5. The summed E-state index contributed by atoms with van der Waals surface area (Å²) in [4.78, 5) is 9.80. The number of phenols is 1. The highest BCUT2D eigenvalue weighted by Crippen LogP contribution is 2.28. The lowest BCUT2D eigenvalue weighted by molar-refractivity contribution is -0.385. The number of benzene rings is 1. The summed E-state index contributed by atoms with van der Waals surface area (Å²) in [6.07, 6.45) is 0.0714. The van der Waals surface area contributed by atoms with Crippen molar-refractivity contribution in [2.75, 3.05) is 0 Å². The number of phenolic OH excluding ortho intramolecular Hbond substituents is 1. The lowest BCUT2D eigenvalue weighted by Crippen LogP contribution is -2.09. The Morgan fingerprint density at radius 2 is 2.33 bits per heavy atom. The summed E-state index contributed by atoms with van der Waals surface area (Å²) >= 11 is 0. The van der Waals surface area contributed by atoms with E-state index in [4.69, 9.17) is 16.1 Å². The summed E-state index contributed by atoms with van der Waals surface area (Å²) in [6, 6.07) is 5.14. The molecule has 0 aliphatic carbocycles. The second-order valence-corrected chi connectivity index (χ2v) is 2.97. The second-order valence-electron chi connectivity index (χ2n) is 2.97. The van der Waals surface area contributed by atoms with Crippen molar-refractivity contribution < 1.29 is 10.0 Å². The second kappa shape index (κ2) is 4.39. The van der Waals surface area contributed by atoms with Crippen LogP contribution >= 0.6 is 0 Å². The van der Waals surface area contributed by atoms with E-state index in [1.54, 1.807) is 0 Å². The SMILES string of the molecule is N#CC[C@H](N)c1ccc(O)c([N+](=O)[O-])c1. The van der Waals surface area contributed by atoms with E-state index in [0.29, 0.717) is 5.56 Å². The third-order valence-electron chi connectivity index (χ3n) is 1.94. The van der Waals surface area contributed by atoms with Gasteiger partial charge in [-0.05, 0) is 11.6 Å². The first kappa shape index (κ1) is 10.9. The number of nitrogens with two attached hydrogens (primary N) is 1. The summed E-state index contributed by atoms with van der Waals surface area (Å²) in [5.74, 6) is -0.409. The quantitative estimate of drug-likeness (QED) is 0.571. The summed E-state index contributed by atoms with van der Waals surface area (Å²) in [5, 5.41) is 28.1. The van der Waals surface area contributed by atoms with Crippen LogP contribution in [0.25, 0.3) is 0 Å². The Morgan fingerprint density at radius 1 is 1.67 bits per heavy atom. The van der Waals surface area contributed by atoms with Gasteiger partial charge in [0.15, 0.2) is 5.75 Å². The zero-order valence-corrected chi connectivity index (χ0v) is 7.75. The van der Waals surface area contributed by atoms with Gasteiger partial charge in [-0.15, -0.1) is 0 Å². The molecule has 1 aromatic rings. The van der Waals surface area contributed by atoms with Crippen molar-refractivity contribution in [2.24, 2.45) is 5.73 Å². The van der Waals surface area contributed by atoms with Gasteiger partial charge in [0.25, 0.3) is 0 Å². The van der Waals surface area contributed by atoms with Gasteiger partial charge in [0.1, 0.15) is 0 Å². The molecule has 0 saturated carbocycles. The Balaban J connectivity index is 3.08. The van der Waals surface area contributed by atoms with Crippen LogP contribution in [0.15, 0.2) is 18.2 Å².